The molecule has 1 aromatic carbocycles. The van der Waals surface area contributed by atoms with Gasteiger partial charge in [0, 0.05) is 29.7 Å². The monoisotopic (exact) mass is 397 g/mol. The van der Waals surface area contributed by atoms with E-state index in [1.807, 2.05) is 25.7 Å². The smallest absolute Gasteiger partial charge is 0.234 e. The van der Waals surface area contributed by atoms with Crippen LogP contribution < -0.4 is 5.32 Å². The van der Waals surface area contributed by atoms with Crippen molar-refractivity contribution in [1.82, 2.24) is 15.2 Å². The molecule has 0 atom stereocenters. The zero-order valence-corrected chi connectivity index (χ0v) is 15.3. The molecule has 0 aliphatic carbocycles. The molecule has 1 aromatic heterocycles. The van der Waals surface area contributed by atoms with Gasteiger partial charge in [-0.05, 0) is 42.3 Å². The molecule has 0 saturated carbocycles. The Hall–Kier alpha value is -1.60. The number of pyridine rings is 1. The normalized spacial score (nSPS) is 16.5. The number of halogens is 3. The lowest BCUT2D eigenvalue weighted by atomic mass is 9.92. The highest BCUT2D eigenvalue weighted by Gasteiger charge is 2.35. The van der Waals surface area contributed by atoms with Gasteiger partial charge < -0.3 is 5.32 Å². The average Bonchev–Trinajstić information content (AvgIpc) is 2.50. The Morgan fingerprint density at radius 2 is 2.04 bits per heavy atom. The molecule has 1 fully saturated rings. The van der Waals surface area contributed by atoms with E-state index in [2.05, 4.69) is 26.2 Å². The van der Waals surface area contributed by atoms with Crippen LogP contribution in [0.2, 0.25) is 0 Å². The minimum Gasteiger partial charge on any atom is -0.354 e. The SMILES string of the molecule is Cc1c(C(C)(C)N2CCNC(=O)C2)nc2cc(F)cc(F)c2c1Br. The van der Waals surface area contributed by atoms with Crippen LogP contribution in [0.4, 0.5) is 8.78 Å². The van der Waals surface area contributed by atoms with Crippen molar-refractivity contribution in [3.05, 3.63) is 39.5 Å². The third kappa shape index (κ3) is 2.80. The first-order valence-electron chi connectivity index (χ1n) is 7.69. The number of aromatic nitrogens is 1. The lowest BCUT2D eigenvalue weighted by Crippen LogP contribution is -2.54. The minimum absolute atomic E-state index is 0.0380. The summed E-state index contributed by atoms with van der Waals surface area (Å²) in [7, 11) is 0. The summed E-state index contributed by atoms with van der Waals surface area (Å²) in [6, 6.07) is 2.08. The fraction of sp³-hybridized carbons (Fsp3) is 0.412. The van der Waals surface area contributed by atoms with Crippen molar-refractivity contribution in [3.8, 4) is 0 Å². The zero-order valence-electron chi connectivity index (χ0n) is 13.7. The highest BCUT2D eigenvalue weighted by molar-refractivity contribution is 9.10. The van der Waals surface area contributed by atoms with Crippen LogP contribution >= 0.6 is 15.9 Å². The Kier molecular flexibility index (Phi) is 4.34. The molecule has 2 heterocycles. The van der Waals surface area contributed by atoms with E-state index in [1.165, 1.54) is 6.07 Å². The molecule has 24 heavy (non-hydrogen) atoms. The number of hydrogen-bond donors (Lipinski definition) is 1. The van der Waals surface area contributed by atoms with Gasteiger partial charge in [-0.2, -0.15) is 0 Å². The Labute approximate surface area is 147 Å². The van der Waals surface area contributed by atoms with Crippen molar-refractivity contribution in [3.63, 3.8) is 0 Å². The third-order valence-electron chi connectivity index (χ3n) is 4.58. The van der Waals surface area contributed by atoms with Crippen LogP contribution in [-0.2, 0) is 10.3 Å². The van der Waals surface area contributed by atoms with Crippen molar-refractivity contribution in [2.24, 2.45) is 0 Å². The molecule has 4 nitrogen and oxygen atoms in total. The van der Waals surface area contributed by atoms with Gasteiger partial charge in [0.15, 0.2) is 0 Å². The maximum Gasteiger partial charge on any atom is 0.234 e. The number of rotatable bonds is 2. The van der Waals surface area contributed by atoms with Gasteiger partial charge in [0.05, 0.1) is 28.7 Å². The fourth-order valence-electron chi connectivity index (χ4n) is 3.22. The summed E-state index contributed by atoms with van der Waals surface area (Å²) in [5, 5.41) is 3.07. The summed E-state index contributed by atoms with van der Waals surface area (Å²) in [5.74, 6) is -1.34. The molecule has 0 bridgehead atoms. The average molecular weight is 398 g/mol. The molecule has 1 N–H and O–H groups in total. The molecule has 1 aliphatic heterocycles. The van der Waals surface area contributed by atoms with Crippen LogP contribution in [0.25, 0.3) is 10.9 Å². The molecule has 1 saturated heterocycles. The van der Waals surface area contributed by atoms with Crippen molar-refractivity contribution in [1.29, 1.82) is 0 Å². The molecule has 3 rings (SSSR count). The van der Waals surface area contributed by atoms with Gasteiger partial charge >= 0.3 is 0 Å². The Morgan fingerprint density at radius 3 is 2.71 bits per heavy atom. The van der Waals surface area contributed by atoms with Gasteiger partial charge in [0.2, 0.25) is 5.91 Å². The summed E-state index contributed by atoms with van der Waals surface area (Å²) < 4.78 is 28.3. The zero-order chi connectivity index (χ0) is 17.6. The van der Waals surface area contributed by atoms with Crippen molar-refractivity contribution in [2.45, 2.75) is 26.3 Å². The number of benzene rings is 1. The van der Waals surface area contributed by atoms with E-state index in [1.54, 1.807) is 0 Å². The lowest BCUT2D eigenvalue weighted by molar-refractivity contribution is -0.126. The van der Waals surface area contributed by atoms with E-state index in [0.29, 0.717) is 23.3 Å². The predicted octanol–water partition coefficient (Wildman–Crippen LogP) is 3.25. The lowest BCUT2D eigenvalue weighted by Gasteiger charge is -2.41. The number of carbonyl (C=O) groups is 1. The summed E-state index contributed by atoms with van der Waals surface area (Å²) in [6.45, 7) is 7.30. The number of fused-ring (bicyclic) bond motifs is 1. The molecule has 1 aliphatic rings. The van der Waals surface area contributed by atoms with Gasteiger partial charge in [-0.1, -0.05) is 0 Å². The maximum atomic E-state index is 14.1. The van der Waals surface area contributed by atoms with Crippen LogP contribution in [0, 0.1) is 18.6 Å². The molecule has 128 valence electrons. The number of carbonyl (C=O) groups excluding carboxylic acids is 1. The quantitative estimate of drug-likeness (QED) is 0.845. The molecule has 1 amide bonds. The van der Waals surface area contributed by atoms with E-state index in [4.69, 9.17) is 0 Å². The summed E-state index contributed by atoms with van der Waals surface area (Å²) in [4.78, 5) is 18.3. The Morgan fingerprint density at radius 1 is 1.33 bits per heavy atom. The van der Waals surface area contributed by atoms with E-state index < -0.39 is 17.2 Å². The Balaban J connectivity index is 2.18. The standard InChI is InChI=1S/C17H18BrF2N3O/c1-9-15(18)14-11(20)6-10(19)7-12(14)22-16(9)17(2,3)23-5-4-21-13(24)8-23/h6-7H,4-5,8H2,1-3H3,(H,21,24). The van der Waals surface area contributed by atoms with Crippen molar-refractivity contribution in [2.75, 3.05) is 19.6 Å². The molecular formula is C17H18BrF2N3O. The number of piperazine rings is 1. The predicted molar refractivity (Wildman–Crippen MR) is 91.7 cm³/mol. The first kappa shape index (κ1) is 17.2. The van der Waals surface area contributed by atoms with Crippen LogP contribution in [0.3, 0.4) is 0 Å². The van der Waals surface area contributed by atoms with Crippen LogP contribution in [0.1, 0.15) is 25.1 Å². The minimum atomic E-state index is -0.663. The molecule has 2 aromatic rings. The van der Waals surface area contributed by atoms with Gasteiger partial charge in [0.25, 0.3) is 0 Å². The van der Waals surface area contributed by atoms with Crippen molar-refractivity contribution >= 4 is 32.7 Å². The summed E-state index contributed by atoms with van der Waals surface area (Å²) in [5.41, 5.74) is 1.18. The second kappa shape index (κ2) is 6.04. The van der Waals surface area contributed by atoms with Gasteiger partial charge in [-0.15, -0.1) is 0 Å². The second-order valence-corrected chi connectivity index (χ2v) is 7.30. The van der Waals surface area contributed by atoms with Gasteiger partial charge in [-0.25, -0.2) is 8.78 Å². The van der Waals surface area contributed by atoms with E-state index in [-0.39, 0.29) is 23.4 Å². The molecule has 0 unspecified atom stereocenters. The third-order valence-corrected chi connectivity index (χ3v) is 5.57. The maximum absolute atomic E-state index is 14.1. The van der Waals surface area contributed by atoms with Gasteiger partial charge in [0.1, 0.15) is 11.6 Å². The first-order valence-corrected chi connectivity index (χ1v) is 8.48. The summed E-state index contributed by atoms with van der Waals surface area (Å²) >= 11 is 3.44. The van der Waals surface area contributed by atoms with Crippen LogP contribution in [0.15, 0.2) is 16.6 Å². The fourth-order valence-corrected chi connectivity index (χ4v) is 3.80. The molecular weight excluding hydrogens is 380 g/mol. The van der Waals surface area contributed by atoms with Crippen LogP contribution in [-0.4, -0.2) is 35.4 Å². The number of nitrogens with one attached hydrogen (secondary N) is 1. The first-order chi connectivity index (χ1) is 11.2. The highest BCUT2D eigenvalue weighted by atomic mass is 79.9. The molecule has 0 spiro atoms. The number of amides is 1. The van der Waals surface area contributed by atoms with E-state index in [9.17, 15) is 13.6 Å². The number of nitrogens with zero attached hydrogens (tertiary/aromatic N) is 2. The summed E-state index contributed by atoms with van der Waals surface area (Å²) in [6.07, 6.45) is 0. The van der Waals surface area contributed by atoms with E-state index >= 15 is 0 Å². The van der Waals surface area contributed by atoms with E-state index in [0.717, 1.165) is 11.6 Å². The van der Waals surface area contributed by atoms with Crippen LogP contribution in [0.5, 0.6) is 0 Å². The largest absolute Gasteiger partial charge is 0.354 e. The Bertz CT molecular complexity index is 838. The van der Waals surface area contributed by atoms with Crippen molar-refractivity contribution < 1.29 is 13.6 Å². The topological polar surface area (TPSA) is 45.2 Å². The number of hydrogen-bond acceptors (Lipinski definition) is 3. The molecule has 0 radical (unpaired) electrons. The highest BCUT2D eigenvalue weighted by Crippen LogP contribution is 2.37. The van der Waals surface area contributed by atoms with Gasteiger partial charge in [-0.3, -0.25) is 14.7 Å². The molecule has 7 heteroatoms. The second-order valence-electron chi connectivity index (χ2n) is 6.51.